The smallest absolute Gasteiger partial charge is 0.337 e. The Morgan fingerprint density at radius 3 is 2.25 bits per heavy atom. The Bertz CT molecular complexity index is 143. The van der Waals surface area contributed by atoms with Crippen molar-refractivity contribution in [1.82, 2.24) is 0 Å². The Kier molecular flexibility index (Phi) is 5.99. The summed E-state index contributed by atoms with van der Waals surface area (Å²) < 4.78 is 10.8. The average Bonchev–Trinajstić information content (AvgIpc) is 2.14. The minimum Gasteiger partial charge on any atom is -0.398 e. The van der Waals surface area contributed by atoms with E-state index in [4.69, 9.17) is 14.1 Å². The van der Waals surface area contributed by atoms with Crippen molar-refractivity contribution in [3.05, 3.63) is 0 Å². The van der Waals surface area contributed by atoms with Crippen molar-refractivity contribution in [2.75, 3.05) is 14.2 Å². The molecule has 0 heterocycles. The first-order valence-corrected chi connectivity index (χ1v) is 6.45. The summed E-state index contributed by atoms with van der Waals surface area (Å²) >= 11 is 0. The lowest BCUT2D eigenvalue weighted by Gasteiger charge is -2.25. The topological polar surface area (TPSA) is 42.2 Å². The Labute approximate surface area is 75.5 Å². The molecule has 0 saturated carbocycles. The summed E-state index contributed by atoms with van der Waals surface area (Å²) in [6.45, 7) is 2.07. The molecule has 0 spiro atoms. The molecule has 0 fully saturated rings. The van der Waals surface area contributed by atoms with Crippen LogP contribution in [0.2, 0.25) is 12.1 Å². The van der Waals surface area contributed by atoms with E-state index >= 15 is 0 Å². The van der Waals surface area contributed by atoms with Crippen molar-refractivity contribution in [3.8, 4) is 6.07 Å². The second-order valence-electron chi connectivity index (χ2n) is 2.68. The molecule has 0 aliphatic carbocycles. The first-order chi connectivity index (χ1) is 5.74. The van der Waals surface area contributed by atoms with E-state index in [0.717, 1.165) is 18.5 Å². The van der Waals surface area contributed by atoms with Crippen molar-refractivity contribution >= 4 is 8.56 Å². The third-order valence-electron chi connectivity index (χ3n) is 2.13. The fourth-order valence-corrected chi connectivity index (χ4v) is 3.41. The number of rotatable bonds is 6. The number of nitrogens with zero attached hydrogens (tertiary/aromatic N) is 1. The van der Waals surface area contributed by atoms with E-state index in [1.54, 1.807) is 14.2 Å². The van der Waals surface area contributed by atoms with Crippen LogP contribution < -0.4 is 0 Å². The zero-order valence-corrected chi connectivity index (χ0v) is 9.09. The van der Waals surface area contributed by atoms with Gasteiger partial charge in [0.1, 0.15) is 0 Å². The standard InChI is InChI=1S/C8H17NO2Si/c1-4-12(10-2,11-3)8-6-5-7-9/h4-6,8H2,1-3H3. The van der Waals surface area contributed by atoms with Gasteiger partial charge in [0.05, 0.1) is 6.07 Å². The molecule has 0 aromatic carbocycles. The molecule has 0 unspecified atom stereocenters. The van der Waals surface area contributed by atoms with Crippen LogP contribution >= 0.6 is 0 Å². The van der Waals surface area contributed by atoms with E-state index in [2.05, 4.69) is 13.0 Å². The first-order valence-electron chi connectivity index (χ1n) is 4.22. The summed E-state index contributed by atoms with van der Waals surface area (Å²) in [4.78, 5) is 0. The monoisotopic (exact) mass is 187 g/mol. The average molecular weight is 187 g/mol. The highest BCUT2D eigenvalue weighted by molar-refractivity contribution is 6.67. The van der Waals surface area contributed by atoms with Crippen LogP contribution in [0.25, 0.3) is 0 Å². The third-order valence-corrected chi connectivity index (χ3v) is 5.81. The minimum atomic E-state index is -1.91. The summed E-state index contributed by atoms with van der Waals surface area (Å²) in [6.07, 6.45) is 1.49. The quantitative estimate of drug-likeness (QED) is 0.472. The van der Waals surface area contributed by atoms with Gasteiger partial charge in [-0.05, 0) is 18.5 Å². The highest BCUT2D eigenvalue weighted by Gasteiger charge is 2.32. The van der Waals surface area contributed by atoms with Gasteiger partial charge in [0.15, 0.2) is 0 Å². The molecule has 0 rings (SSSR count). The van der Waals surface area contributed by atoms with Gasteiger partial charge in [0.25, 0.3) is 0 Å². The Balaban J connectivity index is 3.86. The van der Waals surface area contributed by atoms with Gasteiger partial charge < -0.3 is 8.85 Å². The van der Waals surface area contributed by atoms with Crippen LogP contribution in [0.5, 0.6) is 0 Å². The van der Waals surface area contributed by atoms with Crippen LogP contribution in [0, 0.1) is 11.3 Å². The lowest BCUT2D eigenvalue weighted by atomic mass is 10.4. The van der Waals surface area contributed by atoms with Gasteiger partial charge in [0, 0.05) is 20.6 Å². The lowest BCUT2D eigenvalue weighted by Crippen LogP contribution is -2.38. The SMILES string of the molecule is CC[Si](CCCC#N)(OC)OC. The molecule has 0 aliphatic heterocycles. The lowest BCUT2D eigenvalue weighted by molar-refractivity contribution is 0.242. The molecular weight excluding hydrogens is 170 g/mol. The van der Waals surface area contributed by atoms with E-state index in [1.807, 2.05) is 0 Å². The van der Waals surface area contributed by atoms with Crippen molar-refractivity contribution in [2.45, 2.75) is 31.9 Å². The summed E-state index contributed by atoms with van der Waals surface area (Å²) in [5.41, 5.74) is 0. The highest BCUT2D eigenvalue weighted by atomic mass is 28.4. The van der Waals surface area contributed by atoms with Gasteiger partial charge in [-0.1, -0.05) is 6.92 Å². The Morgan fingerprint density at radius 1 is 1.33 bits per heavy atom. The van der Waals surface area contributed by atoms with Gasteiger partial charge in [-0.3, -0.25) is 0 Å². The minimum absolute atomic E-state index is 0.599. The molecule has 0 bridgehead atoms. The maximum absolute atomic E-state index is 8.37. The predicted molar refractivity (Wildman–Crippen MR) is 49.9 cm³/mol. The van der Waals surface area contributed by atoms with Crippen molar-refractivity contribution in [2.24, 2.45) is 0 Å². The van der Waals surface area contributed by atoms with E-state index in [0.29, 0.717) is 6.42 Å². The zero-order chi connectivity index (χ0) is 9.45. The van der Waals surface area contributed by atoms with Crippen LogP contribution in [0.4, 0.5) is 0 Å². The second-order valence-corrected chi connectivity index (χ2v) is 6.53. The second kappa shape index (κ2) is 6.18. The maximum atomic E-state index is 8.37. The molecule has 0 aromatic heterocycles. The summed E-state index contributed by atoms with van der Waals surface area (Å²) in [5, 5.41) is 8.37. The fourth-order valence-electron chi connectivity index (χ4n) is 1.19. The molecule has 3 nitrogen and oxygen atoms in total. The van der Waals surface area contributed by atoms with Crippen molar-refractivity contribution in [3.63, 3.8) is 0 Å². The largest absolute Gasteiger partial charge is 0.398 e. The predicted octanol–water partition coefficient (Wildman–Crippen LogP) is 2.05. The van der Waals surface area contributed by atoms with Crippen LogP contribution in [0.1, 0.15) is 19.8 Å². The molecule has 12 heavy (non-hydrogen) atoms. The summed E-state index contributed by atoms with van der Waals surface area (Å²) in [6, 6.07) is 3.99. The number of nitriles is 1. The molecule has 0 amide bonds. The molecule has 0 radical (unpaired) electrons. The summed E-state index contributed by atoms with van der Waals surface area (Å²) in [5.74, 6) is 0. The van der Waals surface area contributed by atoms with Crippen LogP contribution in [-0.4, -0.2) is 22.8 Å². The summed E-state index contributed by atoms with van der Waals surface area (Å²) in [7, 11) is 1.49. The van der Waals surface area contributed by atoms with Crippen molar-refractivity contribution < 1.29 is 8.85 Å². The Morgan fingerprint density at radius 2 is 1.92 bits per heavy atom. The molecule has 0 aromatic rings. The fraction of sp³-hybridized carbons (Fsp3) is 0.875. The van der Waals surface area contributed by atoms with Gasteiger partial charge in [-0.2, -0.15) is 5.26 Å². The number of hydrogen-bond acceptors (Lipinski definition) is 3. The molecule has 0 aliphatic rings. The van der Waals surface area contributed by atoms with E-state index in [1.165, 1.54) is 0 Å². The number of unbranched alkanes of at least 4 members (excludes halogenated alkanes) is 1. The maximum Gasteiger partial charge on any atom is 0.337 e. The zero-order valence-electron chi connectivity index (χ0n) is 8.09. The molecular formula is C8H17NO2Si. The molecule has 0 atom stereocenters. The van der Waals surface area contributed by atoms with E-state index in [-0.39, 0.29) is 0 Å². The van der Waals surface area contributed by atoms with Gasteiger partial charge in [-0.25, -0.2) is 0 Å². The van der Waals surface area contributed by atoms with E-state index in [9.17, 15) is 0 Å². The van der Waals surface area contributed by atoms with Crippen LogP contribution in [-0.2, 0) is 8.85 Å². The normalized spacial score (nSPS) is 11.2. The van der Waals surface area contributed by atoms with Gasteiger partial charge in [-0.15, -0.1) is 0 Å². The first kappa shape index (κ1) is 11.6. The molecule has 70 valence electrons. The van der Waals surface area contributed by atoms with E-state index < -0.39 is 8.56 Å². The number of hydrogen-bond donors (Lipinski definition) is 0. The molecule has 0 N–H and O–H groups in total. The van der Waals surface area contributed by atoms with Gasteiger partial charge >= 0.3 is 8.56 Å². The molecule has 0 saturated heterocycles. The molecule has 4 heteroatoms. The van der Waals surface area contributed by atoms with Crippen molar-refractivity contribution in [1.29, 1.82) is 5.26 Å². The van der Waals surface area contributed by atoms with Crippen LogP contribution in [0.3, 0.4) is 0 Å². The highest BCUT2D eigenvalue weighted by Crippen LogP contribution is 2.19. The Hall–Kier alpha value is -0.373. The van der Waals surface area contributed by atoms with Gasteiger partial charge in [0.2, 0.25) is 0 Å². The third kappa shape index (κ3) is 3.35. The van der Waals surface area contributed by atoms with Crippen LogP contribution in [0.15, 0.2) is 0 Å².